The molecule has 0 aromatic carbocycles. The highest BCUT2D eigenvalue weighted by Crippen LogP contribution is 2.36. The van der Waals surface area contributed by atoms with Crippen LogP contribution in [0.1, 0.15) is 56.3 Å². The number of hydrogen-bond acceptors (Lipinski definition) is 5. The van der Waals surface area contributed by atoms with Crippen molar-refractivity contribution >= 4 is 11.0 Å². The van der Waals surface area contributed by atoms with E-state index in [4.69, 9.17) is 4.74 Å². The Balaban J connectivity index is 1.73. The van der Waals surface area contributed by atoms with Crippen LogP contribution in [-0.4, -0.2) is 37.6 Å². The number of rotatable bonds is 4. The van der Waals surface area contributed by atoms with Gasteiger partial charge in [-0.1, -0.05) is 12.2 Å². The summed E-state index contributed by atoms with van der Waals surface area (Å²) < 4.78 is 45.8. The van der Waals surface area contributed by atoms with Gasteiger partial charge >= 0.3 is 6.18 Å². The average molecular weight is 410 g/mol. The normalized spacial score (nSPS) is 21.3. The van der Waals surface area contributed by atoms with Gasteiger partial charge in [-0.05, 0) is 38.2 Å². The predicted octanol–water partition coefficient (Wildman–Crippen LogP) is 3.23. The summed E-state index contributed by atoms with van der Waals surface area (Å²) in [5.41, 5.74) is 0.238. The zero-order chi connectivity index (χ0) is 20.8. The van der Waals surface area contributed by atoms with Crippen LogP contribution in [0.2, 0.25) is 0 Å². The minimum Gasteiger partial charge on any atom is -0.390 e. The van der Waals surface area contributed by atoms with Crippen LogP contribution >= 0.6 is 0 Å². The van der Waals surface area contributed by atoms with E-state index < -0.39 is 30.0 Å². The van der Waals surface area contributed by atoms with E-state index >= 15 is 0 Å². The summed E-state index contributed by atoms with van der Waals surface area (Å²) in [6.07, 6.45) is -0.381. The number of fused-ring (bicyclic) bond motifs is 1. The fourth-order valence-corrected chi connectivity index (χ4v) is 3.84. The zero-order valence-corrected chi connectivity index (χ0v) is 15.8. The van der Waals surface area contributed by atoms with Crippen molar-refractivity contribution in [2.75, 3.05) is 6.61 Å². The maximum atomic E-state index is 12.9. The maximum absolute atomic E-state index is 12.9. The van der Waals surface area contributed by atoms with E-state index in [0.717, 1.165) is 18.4 Å². The number of halogens is 3. The van der Waals surface area contributed by atoms with Gasteiger partial charge in [0.1, 0.15) is 23.0 Å². The number of alkyl halides is 3. The molecule has 2 N–H and O–H groups in total. The standard InChI is InChI=1S/C19H21F3N4O3/c1-10(11-4-6-12(7-5-11)19(20,21)22)26-17-15(13(9-27)25-26)18(28)24-16(23-17)14-3-2-8-29-14/h4,7,10,14,27H,2-3,5-6,8-9H2,1H3,(H,23,24,28). The summed E-state index contributed by atoms with van der Waals surface area (Å²) in [7, 11) is 0. The Kier molecular flexibility index (Phi) is 5.07. The minimum absolute atomic E-state index is 0.133. The maximum Gasteiger partial charge on any atom is 0.412 e. The predicted molar refractivity (Wildman–Crippen MR) is 98.2 cm³/mol. The van der Waals surface area contributed by atoms with E-state index in [0.29, 0.717) is 18.1 Å². The van der Waals surface area contributed by atoms with Crippen LogP contribution in [0.4, 0.5) is 13.2 Å². The van der Waals surface area contributed by atoms with Crippen LogP contribution in [0.15, 0.2) is 28.1 Å². The van der Waals surface area contributed by atoms with Crippen molar-refractivity contribution in [3.05, 3.63) is 45.2 Å². The van der Waals surface area contributed by atoms with E-state index in [1.165, 1.54) is 10.8 Å². The highest BCUT2D eigenvalue weighted by atomic mass is 19.4. The van der Waals surface area contributed by atoms with E-state index in [2.05, 4.69) is 15.1 Å². The van der Waals surface area contributed by atoms with Gasteiger partial charge in [-0.25, -0.2) is 9.67 Å². The van der Waals surface area contributed by atoms with E-state index in [9.17, 15) is 23.1 Å². The van der Waals surface area contributed by atoms with Crippen LogP contribution in [0.3, 0.4) is 0 Å². The number of nitrogens with one attached hydrogen (secondary N) is 1. The molecule has 1 saturated heterocycles. The summed E-state index contributed by atoms with van der Waals surface area (Å²) in [4.78, 5) is 19.9. The molecule has 1 fully saturated rings. The molecule has 1 aliphatic heterocycles. The number of nitrogens with zero attached hydrogens (tertiary/aromatic N) is 3. The molecule has 0 saturated carbocycles. The summed E-state index contributed by atoms with van der Waals surface area (Å²) in [5, 5.41) is 14.2. The molecule has 2 atom stereocenters. The Hall–Kier alpha value is -2.46. The Morgan fingerprint density at radius 3 is 2.76 bits per heavy atom. The Morgan fingerprint density at radius 2 is 2.17 bits per heavy atom. The van der Waals surface area contributed by atoms with Crippen molar-refractivity contribution in [3.63, 3.8) is 0 Å². The van der Waals surface area contributed by atoms with Gasteiger partial charge in [-0.15, -0.1) is 0 Å². The monoisotopic (exact) mass is 410 g/mol. The Morgan fingerprint density at radius 1 is 1.38 bits per heavy atom. The smallest absolute Gasteiger partial charge is 0.390 e. The molecule has 4 rings (SSSR count). The van der Waals surface area contributed by atoms with Crippen LogP contribution in [-0.2, 0) is 11.3 Å². The van der Waals surface area contributed by atoms with Crippen LogP contribution < -0.4 is 5.56 Å². The lowest BCUT2D eigenvalue weighted by Crippen LogP contribution is -2.18. The number of allylic oxidation sites excluding steroid dienone is 4. The van der Waals surface area contributed by atoms with Crippen molar-refractivity contribution in [2.45, 2.75) is 57.5 Å². The number of hydrogen-bond donors (Lipinski definition) is 2. The molecule has 2 unspecified atom stereocenters. The molecular weight excluding hydrogens is 389 g/mol. The quantitative estimate of drug-likeness (QED) is 0.755. The summed E-state index contributed by atoms with van der Waals surface area (Å²) in [6.45, 7) is 1.93. The van der Waals surface area contributed by atoms with Gasteiger partial charge in [0.05, 0.1) is 12.6 Å². The molecule has 7 nitrogen and oxygen atoms in total. The first-order chi connectivity index (χ1) is 13.8. The number of H-pyrrole nitrogens is 1. The molecule has 2 aromatic heterocycles. The molecule has 3 heterocycles. The van der Waals surface area contributed by atoms with Crippen LogP contribution in [0.5, 0.6) is 0 Å². The minimum atomic E-state index is -4.33. The molecule has 29 heavy (non-hydrogen) atoms. The van der Waals surface area contributed by atoms with Gasteiger partial charge in [0.2, 0.25) is 0 Å². The molecule has 0 bridgehead atoms. The number of aromatic amines is 1. The van der Waals surface area contributed by atoms with E-state index in [-0.39, 0.29) is 30.0 Å². The molecule has 0 amide bonds. The lowest BCUT2D eigenvalue weighted by atomic mass is 9.95. The number of aliphatic hydroxyl groups excluding tert-OH is 1. The molecule has 2 aliphatic rings. The van der Waals surface area contributed by atoms with Gasteiger partial charge in [0.15, 0.2) is 5.65 Å². The fourth-order valence-electron chi connectivity index (χ4n) is 3.84. The number of aliphatic hydroxyl groups is 1. The van der Waals surface area contributed by atoms with Crippen molar-refractivity contribution in [2.24, 2.45) is 0 Å². The largest absolute Gasteiger partial charge is 0.412 e. The van der Waals surface area contributed by atoms with Crippen LogP contribution in [0, 0.1) is 0 Å². The molecule has 0 radical (unpaired) electrons. The van der Waals surface area contributed by atoms with E-state index in [1.807, 2.05) is 0 Å². The highest BCUT2D eigenvalue weighted by Gasteiger charge is 2.34. The second kappa shape index (κ2) is 7.42. The first-order valence-corrected chi connectivity index (χ1v) is 9.48. The SMILES string of the molecule is CC(C1=CCC(C(F)(F)F)=CC1)n1nc(CO)c2c(=O)[nH]c(C3CCCO3)nc21. The second-order valence-corrected chi connectivity index (χ2v) is 7.29. The topological polar surface area (TPSA) is 93.0 Å². The fraction of sp³-hybridized carbons (Fsp3) is 0.526. The van der Waals surface area contributed by atoms with Crippen molar-refractivity contribution in [1.82, 2.24) is 19.7 Å². The first kappa shape index (κ1) is 19.8. The van der Waals surface area contributed by atoms with Crippen LogP contribution in [0.25, 0.3) is 11.0 Å². The third kappa shape index (κ3) is 3.62. The summed E-state index contributed by atoms with van der Waals surface area (Å²) in [5.74, 6) is 0.398. The average Bonchev–Trinajstić information content (AvgIpc) is 3.35. The highest BCUT2D eigenvalue weighted by molar-refractivity contribution is 5.77. The Bertz CT molecular complexity index is 1050. The van der Waals surface area contributed by atoms with Gasteiger partial charge in [0.25, 0.3) is 5.56 Å². The van der Waals surface area contributed by atoms with Crippen molar-refractivity contribution in [1.29, 1.82) is 0 Å². The molecule has 156 valence electrons. The second-order valence-electron chi connectivity index (χ2n) is 7.29. The van der Waals surface area contributed by atoms with Gasteiger partial charge in [-0.3, -0.25) is 4.79 Å². The molecular formula is C19H21F3N4O3. The zero-order valence-electron chi connectivity index (χ0n) is 15.8. The summed E-state index contributed by atoms with van der Waals surface area (Å²) in [6, 6.07) is -0.421. The molecule has 2 aromatic rings. The molecule has 10 heteroatoms. The van der Waals surface area contributed by atoms with Gasteiger partial charge in [-0.2, -0.15) is 18.3 Å². The van der Waals surface area contributed by atoms with E-state index in [1.54, 1.807) is 13.0 Å². The first-order valence-electron chi connectivity index (χ1n) is 9.48. The third-order valence-electron chi connectivity index (χ3n) is 5.47. The number of ether oxygens (including phenoxy) is 1. The van der Waals surface area contributed by atoms with Crippen molar-refractivity contribution < 1.29 is 23.0 Å². The van der Waals surface area contributed by atoms with Gasteiger partial charge in [0, 0.05) is 12.2 Å². The van der Waals surface area contributed by atoms with Gasteiger partial charge < -0.3 is 14.8 Å². The number of aromatic nitrogens is 4. The lowest BCUT2D eigenvalue weighted by Gasteiger charge is -2.21. The summed E-state index contributed by atoms with van der Waals surface area (Å²) >= 11 is 0. The molecule has 1 aliphatic carbocycles. The Labute approximate surface area is 163 Å². The lowest BCUT2D eigenvalue weighted by molar-refractivity contribution is -0.0933. The molecule has 0 spiro atoms. The third-order valence-corrected chi connectivity index (χ3v) is 5.47. The van der Waals surface area contributed by atoms with Crippen molar-refractivity contribution in [3.8, 4) is 0 Å².